The minimum absolute atomic E-state index is 0.0152. The standard InChI is InChI=1S/C23H42O3/c1-4-6-8-10-11-12-13-14-15-17-20-19-22(25-3)21(23(24)26-20)18-16-9-7-5-2/h20H,4-19H2,1-3H3/t20-/m0/s1. The van der Waals surface area contributed by atoms with Crippen LogP contribution in [0.15, 0.2) is 11.3 Å². The highest BCUT2D eigenvalue weighted by Gasteiger charge is 2.29. The van der Waals surface area contributed by atoms with Crippen LogP contribution in [0, 0.1) is 0 Å². The van der Waals surface area contributed by atoms with E-state index >= 15 is 0 Å². The van der Waals surface area contributed by atoms with Crippen LogP contribution in [0.3, 0.4) is 0 Å². The smallest absolute Gasteiger partial charge is 0.337 e. The van der Waals surface area contributed by atoms with E-state index in [0.717, 1.165) is 43.4 Å². The zero-order valence-electron chi connectivity index (χ0n) is 17.6. The van der Waals surface area contributed by atoms with Gasteiger partial charge in [-0.15, -0.1) is 0 Å². The Hall–Kier alpha value is -0.990. The molecule has 3 nitrogen and oxygen atoms in total. The van der Waals surface area contributed by atoms with Crippen molar-refractivity contribution >= 4 is 5.97 Å². The normalized spacial score (nSPS) is 17.5. The first-order valence-corrected chi connectivity index (χ1v) is 11.2. The van der Waals surface area contributed by atoms with Crippen molar-refractivity contribution in [1.82, 2.24) is 0 Å². The highest BCUT2D eigenvalue weighted by atomic mass is 16.6. The Morgan fingerprint density at radius 2 is 1.38 bits per heavy atom. The maximum absolute atomic E-state index is 12.3. The zero-order chi connectivity index (χ0) is 19.0. The van der Waals surface area contributed by atoms with Gasteiger partial charge in [-0.2, -0.15) is 0 Å². The van der Waals surface area contributed by atoms with Gasteiger partial charge in [0.1, 0.15) is 11.9 Å². The number of esters is 1. The van der Waals surface area contributed by atoms with E-state index in [0.29, 0.717) is 0 Å². The number of rotatable bonds is 16. The SMILES string of the molecule is CCCCCCCCCCC[C@H]1CC(OC)=C(CCCCCC)C(=O)O1. The summed E-state index contributed by atoms with van der Waals surface area (Å²) in [5.74, 6) is 0.740. The number of ether oxygens (including phenoxy) is 2. The molecule has 0 radical (unpaired) electrons. The van der Waals surface area contributed by atoms with Crippen LogP contribution in [0.4, 0.5) is 0 Å². The Balaban J connectivity index is 2.21. The first kappa shape index (κ1) is 23.0. The van der Waals surface area contributed by atoms with E-state index in [4.69, 9.17) is 9.47 Å². The lowest BCUT2D eigenvalue weighted by atomic mass is 9.97. The molecule has 0 unspecified atom stereocenters. The van der Waals surface area contributed by atoms with Crippen LogP contribution in [-0.2, 0) is 14.3 Å². The lowest BCUT2D eigenvalue weighted by molar-refractivity contribution is -0.147. The van der Waals surface area contributed by atoms with Crippen molar-refractivity contribution in [3.8, 4) is 0 Å². The second-order valence-corrected chi connectivity index (χ2v) is 7.77. The molecule has 0 bridgehead atoms. The summed E-state index contributed by atoms with van der Waals surface area (Å²) in [6, 6.07) is 0. The second kappa shape index (κ2) is 15.1. The van der Waals surface area contributed by atoms with Crippen LogP contribution in [0.5, 0.6) is 0 Å². The van der Waals surface area contributed by atoms with Gasteiger partial charge in [0.2, 0.25) is 0 Å². The van der Waals surface area contributed by atoms with E-state index in [2.05, 4.69) is 13.8 Å². The third kappa shape index (κ3) is 9.64. The van der Waals surface area contributed by atoms with E-state index < -0.39 is 0 Å². The molecule has 0 saturated carbocycles. The molecule has 3 heteroatoms. The number of hydrogen-bond acceptors (Lipinski definition) is 3. The van der Waals surface area contributed by atoms with Crippen LogP contribution in [0.1, 0.15) is 117 Å². The molecule has 152 valence electrons. The number of carbonyl (C=O) groups excluding carboxylic acids is 1. The molecule has 0 aromatic rings. The number of unbranched alkanes of at least 4 members (excludes halogenated alkanes) is 11. The Labute approximate surface area is 161 Å². The van der Waals surface area contributed by atoms with Crippen LogP contribution in [0.2, 0.25) is 0 Å². The number of hydrogen-bond donors (Lipinski definition) is 0. The quantitative estimate of drug-likeness (QED) is 0.216. The van der Waals surface area contributed by atoms with Gasteiger partial charge in [0.15, 0.2) is 0 Å². The van der Waals surface area contributed by atoms with E-state index in [1.807, 2.05) is 0 Å². The van der Waals surface area contributed by atoms with Crippen molar-refractivity contribution in [2.45, 2.75) is 123 Å². The Morgan fingerprint density at radius 1 is 0.846 bits per heavy atom. The maximum atomic E-state index is 12.3. The molecule has 1 rings (SSSR count). The molecule has 1 aliphatic heterocycles. The molecule has 1 aliphatic rings. The van der Waals surface area contributed by atoms with Crippen molar-refractivity contribution in [3.05, 3.63) is 11.3 Å². The molecular weight excluding hydrogens is 324 g/mol. The van der Waals surface area contributed by atoms with E-state index in [-0.39, 0.29) is 12.1 Å². The summed E-state index contributed by atoms with van der Waals surface area (Å²) in [7, 11) is 1.69. The number of methoxy groups -OCH3 is 1. The average molecular weight is 367 g/mol. The average Bonchev–Trinajstić information content (AvgIpc) is 2.64. The summed E-state index contributed by atoms with van der Waals surface area (Å²) < 4.78 is 11.2. The fraction of sp³-hybridized carbons (Fsp3) is 0.870. The summed E-state index contributed by atoms with van der Waals surface area (Å²) in [5, 5.41) is 0. The molecule has 0 fully saturated rings. The molecular formula is C23H42O3. The first-order valence-electron chi connectivity index (χ1n) is 11.2. The van der Waals surface area contributed by atoms with Gasteiger partial charge in [-0.25, -0.2) is 4.79 Å². The Morgan fingerprint density at radius 3 is 1.96 bits per heavy atom. The summed E-state index contributed by atoms with van der Waals surface area (Å²) in [6.45, 7) is 4.46. The summed E-state index contributed by atoms with van der Waals surface area (Å²) >= 11 is 0. The van der Waals surface area contributed by atoms with Gasteiger partial charge in [0.05, 0.1) is 12.7 Å². The number of cyclic esters (lactones) is 1. The van der Waals surface area contributed by atoms with Gasteiger partial charge in [-0.05, 0) is 25.7 Å². The predicted molar refractivity (Wildman–Crippen MR) is 109 cm³/mol. The lowest BCUT2D eigenvalue weighted by Crippen LogP contribution is -2.27. The first-order chi connectivity index (χ1) is 12.7. The topological polar surface area (TPSA) is 35.5 Å². The highest BCUT2D eigenvalue weighted by molar-refractivity contribution is 5.89. The summed E-state index contributed by atoms with van der Waals surface area (Å²) in [5.41, 5.74) is 0.784. The molecule has 0 aromatic carbocycles. The minimum atomic E-state index is -0.134. The van der Waals surface area contributed by atoms with Gasteiger partial charge in [0.25, 0.3) is 0 Å². The van der Waals surface area contributed by atoms with Crippen molar-refractivity contribution < 1.29 is 14.3 Å². The van der Waals surface area contributed by atoms with Gasteiger partial charge < -0.3 is 9.47 Å². The lowest BCUT2D eigenvalue weighted by Gasteiger charge is -2.26. The largest absolute Gasteiger partial charge is 0.500 e. The van der Waals surface area contributed by atoms with E-state index in [1.54, 1.807) is 7.11 Å². The van der Waals surface area contributed by atoms with E-state index in [9.17, 15) is 4.79 Å². The molecule has 0 saturated heterocycles. The van der Waals surface area contributed by atoms with Crippen LogP contribution in [-0.4, -0.2) is 19.2 Å². The van der Waals surface area contributed by atoms with Gasteiger partial charge in [-0.1, -0.05) is 84.5 Å². The summed E-state index contributed by atoms with van der Waals surface area (Å²) in [4.78, 5) is 12.3. The van der Waals surface area contributed by atoms with Crippen molar-refractivity contribution in [3.63, 3.8) is 0 Å². The van der Waals surface area contributed by atoms with Gasteiger partial charge >= 0.3 is 5.97 Å². The fourth-order valence-corrected chi connectivity index (χ4v) is 3.73. The van der Waals surface area contributed by atoms with Crippen LogP contribution < -0.4 is 0 Å². The van der Waals surface area contributed by atoms with Crippen LogP contribution in [0.25, 0.3) is 0 Å². The second-order valence-electron chi connectivity index (χ2n) is 7.77. The monoisotopic (exact) mass is 366 g/mol. The van der Waals surface area contributed by atoms with Crippen LogP contribution >= 0.6 is 0 Å². The minimum Gasteiger partial charge on any atom is -0.500 e. The zero-order valence-corrected chi connectivity index (χ0v) is 17.6. The molecule has 0 amide bonds. The van der Waals surface area contributed by atoms with E-state index in [1.165, 1.54) is 70.6 Å². The molecule has 0 N–H and O–H groups in total. The van der Waals surface area contributed by atoms with Crippen molar-refractivity contribution in [2.75, 3.05) is 7.11 Å². The highest BCUT2D eigenvalue weighted by Crippen LogP contribution is 2.28. The fourth-order valence-electron chi connectivity index (χ4n) is 3.73. The molecule has 26 heavy (non-hydrogen) atoms. The number of carbonyl (C=O) groups is 1. The third-order valence-corrected chi connectivity index (χ3v) is 5.43. The molecule has 0 aromatic heterocycles. The Kier molecular flexibility index (Phi) is 13.4. The maximum Gasteiger partial charge on any atom is 0.337 e. The van der Waals surface area contributed by atoms with Gasteiger partial charge in [0, 0.05) is 6.42 Å². The third-order valence-electron chi connectivity index (χ3n) is 5.43. The van der Waals surface area contributed by atoms with Crippen molar-refractivity contribution in [1.29, 1.82) is 0 Å². The van der Waals surface area contributed by atoms with Gasteiger partial charge in [-0.3, -0.25) is 0 Å². The molecule has 0 spiro atoms. The molecule has 1 heterocycles. The molecule has 0 aliphatic carbocycles. The summed E-state index contributed by atoms with van der Waals surface area (Å²) in [6.07, 6.45) is 19.1. The molecule has 1 atom stereocenters. The van der Waals surface area contributed by atoms with Crippen molar-refractivity contribution in [2.24, 2.45) is 0 Å². The predicted octanol–water partition coefficient (Wildman–Crippen LogP) is 7.09. The Bertz CT molecular complexity index is 400.